The Morgan fingerprint density at radius 2 is 1.76 bits per heavy atom. The maximum atomic E-state index is 11.6. The van der Waals surface area contributed by atoms with Gasteiger partial charge in [0.1, 0.15) is 12.4 Å². The fraction of sp³-hybridized carbons (Fsp3) is 0.344. The number of carboxylic acid groups (broad SMARTS) is 1. The average Bonchev–Trinajstić information content (AvgIpc) is 3.34. The summed E-state index contributed by atoms with van der Waals surface area (Å²) in [5.41, 5.74) is 5.75. The number of aromatic nitrogens is 5. The Morgan fingerprint density at radius 3 is 2.55 bits per heavy atom. The highest BCUT2D eigenvalue weighted by Gasteiger charge is 2.26. The second kappa shape index (κ2) is 11.5. The standard InChI is InChI=1S/C32H32N6O4/c39-32(40)23-5-7-27-29(17-23)38(18-24-10-15-41-24)30(35-27)19-37-13-8-22(9-14-37)25-2-1-3-31(36-25)42-20-21-4-6-26-28(16-21)34-12-11-33-26/h1-7,11-12,16-17,22,24H,8-10,13-15,18-20H2,(H,39,40). The molecule has 0 bridgehead atoms. The summed E-state index contributed by atoms with van der Waals surface area (Å²) >= 11 is 0. The molecule has 0 spiro atoms. The van der Waals surface area contributed by atoms with Crippen LogP contribution in [0, 0.1) is 0 Å². The summed E-state index contributed by atoms with van der Waals surface area (Å²) in [6.07, 6.45) is 6.54. The minimum Gasteiger partial charge on any atom is -0.478 e. The van der Waals surface area contributed by atoms with Crippen LogP contribution >= 0.6 is 0 Å². The Hall–Kier alpha value is -4.41. The highest BCUT2D eigenvalue weighted by atomic mass is 16.5. The van der Waals surface area contributed by atoms with E-state index in [4.69, 9.17) is 19.4 Å². The number of nitrogens with zero attached hydrogens (tertiary/aromatic N) is 6. The number of pyridine rings is 1. The van der Waals surface area contributed by atoms with Crippen molar-refractivity contribution in [2.45, 2.75) is 51.0 Å². The van der Waals surface area contributed by atoms with E-state index in [1.165, 1.54) is 0 Å². The normalized spacial score (nSPS) is 17.9. The molecule has 42 heavy (non-hydrogen) atoms. The first kappa shape index (κ1) is 26.5. The van der Waals surface area contributed by atoms with Gasteiger partial charge in [0.2, 0.25) is 5.88 Å². The largest absolute Gasteiger partial charge is 0.478 e. The lowest BCUT2D eigenvalue weighted by atomic mass is 9.93. The van der Waals surface area contributed by atoms with Gasteiger partial charge in [0.05, 0.1) is 46.8 Å². The van der Waals surface area contributed by atoms with Crippen molar-refractivity contribution >= 4 is 28.0 Å². The van der Waals surface area contributed by atoms with E-state index >= 15 is 0 Å². The predicted octanol–water partition coefficient (Wildman–Crippen LogP) is 4.82. The summed E-state index contributed by atoms with van der Waals surface area (Å²) in [4.78, 5) is 32.5. The van der Waals surface area contributed by atoms with Gasteiger partial charge in [-0.15, -0.1) is 0 Å². The number of carbonyl (C=O) groups is 1. The molecule has 1 unspecified atom stereocenters. The monoisotopic (exact) mass is 564 g/mol. The lowest BCUT2D eigenvalue weighted by Crippen LogP contribution is -2.35. The first-order valence-corrected chi connectivity index (χ1v) is 14.4. The molecule has 2 fully saturated rings. The zero-order valence-electron chi connectivity index (χ0n) is 23.2. The van der Waals surface area contributed by atoms with Gasteiger partial charge in [-0.3, -0.25) is 14.9 Å². The minimum absolute atomic E-state index is 0.149. The fourth-order valence-electron chi connectivity index (χ4n) is 5.84. The summed E-state index contributed by atoms with van der Waals surface area (Å²) in [6.45, 7) is 4.46. The molecule has 2 aliphatic heterocycles. The van der Waals surface area contributed by atoms with E-state index in [2.05, 4.69) is 25.5 Å². The van der Waals surface area contributed by atoms with Crippen molar-refractivity contribution < 1.29 is 19.4 Å². The van der Waals surface area contributed by atoms with Crippen molar-refractivity contribution in [1.29, 1.82) is 0 Å². The number of hydrogen-bond donors (Lipinski definition) is 1. The van der Waals surface area contributed by atoms with Gasteiger partial charge >= 0.3 is 5.97 Å². The quantitative estimate of drug-likeness (QED) is 0.269. The molecule has 2 aliphatic rings. The number of hydrogen-bond acceptors (Lipinski definition) is 8. The van der Waals surface area contributed by atoms with Crippen LogP contribution in [0.25, 0.3) is 22.1 Å². The third kappa shape index (κ3) is 5.55. The molecular formula is C32H32N6O4. The Labute approximate surface area is 243 Å². The van der Waals surface area contributed by atoms with Crippen LogP contribution in [0.2, 0.25) is 0 Å². The highest BCUT2D eigenvalue weighted by molar-refractivity contribution is 5.92. The number of rotatable bonds is 9. The zero-order chi connectivity index (χ0) is 28.5. The molecule has 2 aromatic carbocycles. The molecule has 10 nitrogen and oxygen atoms in total. The number of fused-ring (bicyclic) bond motifs is 2. The number of carboxylic acids is 1. The molecular weight excluding hydrogens is 532 g/mol. The first-order valence-electron chi connectivity index (χ1n) is 14.4. The number of ether oxygens (including phenoxy) is 2. The molecule has 10 heteroatoms. The van der Waals surface area contributed by atoms with Crippen LogP contribution < -0.4 is 4.74 Å². The summed E-state index contributed by atoms with van der Waals surface area (Å²) in [6, 6.07) is 17.2. The van der Waals surface area contributed by atoms with Crippen LogP contribution in [-0.4, -0.2) is 66.3 Å². The second-order valence-electron chi connectivity index (χ2n) is 11.0. The van der Waals surface area contributed by atoms with Gasteiger partial charge in [-0.2, -0.15) is 0 Å². The van der Waals surface area contributed by atoms with Gasteiger partial charge < -0.3 is 19.1 Å². The number of benzene rings is 2. The molecule has 7 rings (SSSR count). The summed E-state index contributed by atoms with van der Waals surface area (Å²) in [5, 5.41) is 9.52. The minimum atomic E-state index is -0.931. The van der Waals surface area contributed by atoms with E-state index < -0.39 is 5.97 Å². The average molecular weight is 565 g/mol. The Morgan fingerprint density at radius 1 is 0.952 bits per heavy atom. The van der Waals surface area contributed by atoms with E-state index in [1.807, 2.05) is 36.4 Å². The predicted molar refractivity (Wildman–Crippen MR) is 156 cm³/mol. The molecule has 1 atom stereocenters. The molecule has 5 aromatic rings. The van der Waals surface area contributed by atoms with E-state index in [0.717, 1.165) is 78.1 Å². The third-order valence-electron chi connectivity index (χ3n) is 8.29. The van der Waals surface area contributed by atoms with Crippen LogP contribution in [0.1, 0.15) is 52.6 Å². The van der Waals surface area contributed by atoms with Crippen LogP contribution in [-0.2, 0) is 24.4 Å². The molecule has 0 saturated carbocycles. The van der Waals surface area contributed by atoms with Crippen molar-refractivity contribution in [2.24, 2.45) is 0 Å². The van der Waals surface area contributed by atoms with Crippen LogP contribution in [0.4, 0.5) is 0 Å². The van der Waals surface area contributed by atoms with Gasteiger partial charge in [0.15, 0.2) is 0 Å². The number of imidazole rings is 1. The lowest BCUT2D eigenvalue weighted by Gasteiger charge is -2.32. The maximum absolute atomic E-state index is 11.6. The van der Waals surface area contributed by atoms with Gasteiger partial charge in [-0.05, 0) is 74.3 Å². The molecule has 5 heterocycles. The SMILES string of the molecule is O=C(O)c1ccc2nc(CN3CCC(c4cccc(OCc5ccc6nccnc6c5)n4)CC3)n(CC3CCO3)c2c1. The third-order valence-corrected chi connectivity index (χ3v) is 8.29. The van der Waals surface area contributed by atoms with Crippen molar-refractivity contribution in [3.63, 3.8) is 0 Å². The number of aromatic carboxylic acids is 1. The van der Waals surface area contributed by atoms with Crippen LogP contribution in [0.3, 0.4) is 0 Å². The Kier molecular flexibility index (Phi) is 7.23. The summed E-state index contributed by atoms with van der Waals surface area (Å²) in [5.74, 6) is 1.01. The molecule has 0 aliphatic carbocycles. The van der Waals surface area contributed by atoms with Crippen molar-refractivity contribution in [3.8, 4) is 5.88 Å². The summed E-state index contributed by atoms with van der Waals surface area (Å²) < 4.78 is 13.9. The fourth-order valence-corrected chi connectivity index (χ4v) is 5.84. The lowest BCUT2D eigenvalue weighted by molar-refractivity contribution is -0.0592. The van der Waals surface area contributed by atoms with Crippen LogP contribution in [0.5, 0.6) is 5.88 Å². The van der Waals surface area contributed by atoms with E-state index in [1.54, 1.807) is 24.5 Å². The van der Waals surface area contributed by atoms with Crippen molar-refractivity contribution in [3.05, 3.63) is 89.6 Å². The first-order chi connectivity index (χ1) is 20.6. The van der Waals surface area contributed by atoms with Gasteiger partial charge in [-0.1, -0.05) is 12.1 Å². The van der Waals surface area contributed by atoms with E-state index in [9.17, 15) is 9.90 Å². The van der Waals surface area contributed by atoms with Gasteiger partial charge in [0.25, 0.3) is 0 Å². The second-order valence-corrected chi connectivity index (χ2v) is 11.0. The van der Waals surface area contributed by atoms with E-state index in [-0.39, 0.29) is 11.7 Å². The zero-order valence-corrected chi connectivity index (χ0v) is 23.2. The Balaban J connectivity index is 1.000. The molecule has 2 saturated heterocycles. The molecule has 214 valence electrons. The Bertz CT molecular complexity index is 1740. The summed E-state index contributed by atoms with van der Waals surface area (Å²) in [7, 11) is 0. The highest BCUT2D eigenvalue weighted by Crippen LogP contribution is 2.30. The topological polar surface area (TPSA) is 115 Å². The van der Waals surface area contributed by atoms with Crippen LogP contribution in [0.15, 0.2) is 67.0 Å². The van der Waals surface area contributed by atoms with Crippen molar-refractivity contribution in [1.82, 2.24) is 29.4 Å². The number of likely N-dealkylation sites (tertiary alicyclic amines) is 1. The molecule has 1 N–H and O–H groups in total. The van der Waals surface area contributed by atoms with Crippen molar-refractivity contribution in [2.75, 3.05) is 19.7 Å². The number of piperidine rings is 1. The van der Waals surface area contributed by atoms with Gasteiger partial charge in [0, 0.05) is 36.7 Å². The molecule has 0 amide bonds. The van der Waals surface area contributed by atoms with Gasteiger partial charge in [-0.25, -0.2) is 14.8 Å². The maximum Gasteiger partial charge on any atom is 0.335 e. The smallest absolute Gasteiger partial charge is 0.335 e. The molecule has 3 aromatic heterocycles. The van der Waals surface area contributed by atoms with E-state index in [0.29, 0.717) is 31.5 Å². The molecule has 0 radical (unpaired) electrons.